The quantitative estimate of drug-likeness (QED) is 0.775. The fourth-order valence-corrected chi connectivity index (χ4v) is 3.21. The normalized spacial score (nSPS) is 16.0. The average Bonchev–Trinajstić information content (AvgIpc) is 3.34. The Morgan fingerprint density at radius 1 is 1.27 bits per heavy atom. The highest BCUT2D eigenvalue weighted by atomic mass is 35.5. The lowest BCUT2D eigenvalue weighted by molar-refractivity contribution is -0.120. The Hall–Kier alpha value is -2.34. The molecule has 1 aromatic carbocycles. The molecule has 1 fully saturated rings. The molecule has 138 valence electrons. The molecule has 6 nitrogen and oxygen atoms in total. The first kappa shape index (κ1) is 18.5. The molecule has 2 atom stereocenters. The molecule has 0 saturated heterocycles. The fraction of sp³-hybridized carbons (Fsp3) is 0.421. The van der Waals surface area contributed by atoms with E-state index in [1.54, 1.807) is 24.4 Å². The number of hydrogen-bond donors (Lipinski definition) is 2. The summed E-state index contributed by atoms with van der Waals surface area (Å²) in [7, 11) is 0. The molecule has 2 amide bonds. The van der Waals surface area contributed by atoms with Gasteiger partial charge in [0.25, 0.3) is 0 Å². The minimum absolute atomic E-state index is 0.129. The van der Waals surface area contributed by atoms with Crippen molar-refractivity contribution in [3.63, 3.8) is 0 Å². The Bertz CT molecular complexity index is 783. The number of aromatic nitrogens is 2. The van der Waals surface area contributed by atoms with Gasteiger partial charge in [-0.2, -0.15) is 5.10 Å². The zero-order valence-corrected chi connectivity index (χ0v) is 15.7. The van der Waals surface area contributed by atoms with Gasteiger partial charge in [0, 0.05) is 18.0 Å². The van der Waals surface area contributed by atoms with Crippen LogP contribution in [0.15, 0.2) is 36.5 Å². The van der Waals surface area contributed by atoms with Crippen molar-refractivity contribution in [3.8, 4) is 0 Å². The highest BCUT2D eigenvalue weighted by Gasteiger charge is 2.31. The van der Waals surface area contributed by atoms with Crippen LogP contribution in [0.25, 0.3) is 0 Å². The number of anilines is 1. The highest BCUT2D eigenvalue weighted by Crippen LogP contribution is 2.40. The van der Waals surface area contributed by atoms with Crippen molar-refractivity contribution in [2.75, 3.05) is 5.32 Å². The predicted molar refractivity (Wildman–Crippen MR) is 101 cm³/mol. The van der Waals surface area contributed by atoms with E-state index in [0.717, 1.165) is 5.56 Å². The summed E-state index contributed by atoms with van der Waals surface area (Å²) in [6.45, 7) is 3.56. The minimum atomic E-state index is -0.415. The van der Waals surface area contributed by atoms with Crippen LogP contribution in [-0.4, -0.2) is 21.6 Å². The van der Waals surface area contributed by atoms with Gasteiger partial charge in [0.1, 0.15) is 5.82 Å². The maximum atomic E-state index is 12.6. The molecule has 1 heterocycles. The molecular weight excluding hydrogens is 352 g/mol. The molecule has 2 aromatic rings. The topological polar surface area (TPSA) is 76.0 Å². The number of carbonyl (C=O) groups is 2. The number of halogens is 1. The summed E-state index contributed by atoms with van der Waals surface area (Å²) in [4.78, 5) is 24.1. The standard InChI is InChI=1S/C19H23ClN4O2/c1-12(14-3-4-14)24-18(9-10-21-24)23-19(26)11-17(22-13(2)25)15-5-7-16(20)8-6-15/h5-10,12,14,17H,3-4,11H2,1-2H3,(H,22,25)(H,23,26). The van der Waals surface area contributed by atoms with Crippen molar-refractivity contribution in [1.82, 2.24) is 15.1 Å². The first-order valence-electron chi connectivity index (χ1n) is 8.80. The first-order chi connectivity index (χ1) is 12.4. The van der Waals surface area contributed by atoms with E-state index in [1.165, 1.54) is 19.8 Å². The Balaban J connectivity index is 1.69. The van der Waals surface area contributed by atoms with Crippen LogP contribution >= 0.6 is 11.6 Å². The molecule has 0 bridgehead atoms. The second-order valence-corrected chi connectivity index (χ2v) is 7.23. The van der Waals surface area contributed by atoms with Gasteiger partial charge in [0.2, 0.25) is 11.8 Å². The van der Waals surface area contributed by atoms with E-state index in [9.17, 15) is 9.59 Å². The van der Waals surface area contributed by atoms with Crippen LogP contribution in [0, 0.1) is 5.92 Å². The van der Waals surface area contributed by atoms with E-state index in [1.807, 2.05) is 16.8 Å². The van der Waals surface area contributed by atoms with Crippen molar-refractivity contribution in [2.45, 2.75) is 45.2 Å². The van der Waals surface area contributed by atoms with Gasteiger partial charge in [-0.15, -0.1) is 0 Å². The molecule has 0 radical (unpaired) electrons. The third-order valence-electron chi connectivity index (χ3n) is 4.67. The molecule has 1 aromatic heterocycles. The SMILES string of the molecule is CC(=O)NC(CC(=O)Nc1ccnn1C(C)C1CC1)c1ccc(Cl)cc1. The van der Waals surface area contributed by atoms with E-state index in [0.29, 0.717) is 16.8 Å². The Labute approximate surface area is 157 Å². The van der Waals surface area contributed by atoms with Crippen molar-refractivity contribution in [2.24, 2.45) is 5.92 Å². The molecule has 3 rings (SSSR count). The summed E-state index contributed by atoms with van der Waals surface area (Å²) in [6, 6.07) is 8.77. The smallest absolute Gasteiger partial charge is 0.227 e. The van der Waals surface area contributed by atoms with Gasteiger partial charge in [-0.05, 0) is 43.4 Å². The second-order valence-electron chi connectivity index (χ2n) is 6.80. The Morgan fingerprint density at radius 3 is 2.58 bits per heavy atom. The van der Waals surface area contributed by atoms with Gasteiger partial charge in [0.05, 0.1) is 24.7 Å². The lowest BCUT2D eigenvalue weighted by Gasteiger charge is -2.19. The second kappa shape index (κ2) is 7.91. The van der Waals surface area contributed by atoms with E-state index in [4.69, 9.17) is 11.6 Å². The third kappa shape index (κ3) is 4.64. The molecule has 1 saturated carbocycles. The third-order valence-corrected chi connectivity index (χ3v) is 4.92. The van der Waals surface area contributed by atoms with Gasteiger partial charge in [0.15, 0.2) is 0 Å². The molecule has 7 heteroatoms. The number of nitrogens with one attached hydrogen (secondary N) is 2. The highest BCUT2D eigenvalue weighted by molar-refractivity contribution is 6.30. The lowest BCUT2D eigenvalue weighted by atomic mass is 10.0. The van der Waals surface area contributed by atoms with Crippen LogP contribution in [0.3, 0.4) is 0 Å². The molecule has 2 unspecified atom stereocenters. The average molecular weight is 375 g/mol. The Kier molecular flexibility index (Phi) is 5.61. The van der Waals surface area contributed by atoms with Crippen LogP contribution < -0.4 is 10.6 Å². The van der Waals surface area contributed by atoms with Crippen LogP contribution in [0.1, 0.15) is 50.8 Å². The zero-order valence-electron chi connectivity index (χ0n) is 14.9. The largest absolute Gasteiger partial charge is 0.349 e. The van der Waals surface area contributed by atoms with Gasteiger partial charge in [-0.1, -0.05) is 23.7 Å². The van der Waals surface area contributed by atoms with Crippen molar-refractivity contribution in [1.29, 1.82) is 0 Å². The molecule has 26 heavy (non-hydrogen) atoms. The fourth-order valence-electron chi connectivity index (χ4n) is 3.09. The van der Waals surface area contributed by atoms with Gasteiger partial charge in [-0.3, -0.25) is 9.59 Å². The van der Waals surface area contributed by atoms with Crippen molar-refractivity contribution < 1.29 is 9.59 Å². The van der Waals surface area contributed by atoms with E-state index >= 15 is 0 Å². The minimum Gasteiger partial charge on any atom is -0.349 e. The van der Waals surface area contributed by atoms with Gasteiger partial charge < -0.3 is 10.6 Å². The summed E-state index contributed by atoms with van der Waals surface area (Å²) in [6.07, 6.45) is 4.23. The van der Waals surface area contributed by atoms with E-state index in [-0.39, 0.29) is 24.3 Å². The van der Waals surface area contributed by atoms with Crippen molar-refractivity contribution in [3.05, 3.63) is 47.1 Å². The summed E-state index contributed by atoms with van der Waals surface area (Å²) < 4.78 is 1.87. The van der Waals surface area contributed by atoms with Gasteiger partial charge in [-0.25, -0.2) is 4.68 Å². The number of hydrogen-bond acceptors (Lipinski definition) is 3. The number of amides is 2. The maximum absolute atomic E-state index is 12.6. The van der Waals surface area contributed by atoms with E-state index < -0.39 is 6.04 Å². The lowest BCUT2D eigenvalue weighted by Crippen LogP contribution is -2.30. The number of nitrogens with zero attached hydrogens (tertiary/aromatic N) is 2. The summed E-state index contributed by atoms with van der Waals surface area (Å²) in [5.41, 5.74) is 0.833. The predicted octanol–water partition coefficient (Wildman–Crippen LogP) is 3.71. The molecule has 1 aliphatic rings. The number of benzene rings is 1. The van der Waals surface area contributed by atoms with Crippen LogP contribution in [0.5, 0.6) is 0 Å². The Morgan fingerprint density at radius 2 is 1.96 bits per heavy atom. The number of rotatable bonds is 7. The molecule has 1 aliphatic carbocycles. The summed E-state index contributed by atoms with van der Waals surface area (Å²) in [5.74, 6) is 0.951. The molecule has 0 aliphatic heterocycles. The van der Waals surface area contributed by atoms with Crippen LogP contribution in [0.4, 0.5) is 5.82 Å². The van der Waals surface area contributed by atoms with Crippen LogP contribution in [0.2, 0.25) is 5.02 Å². The van der Waals surface area contributed by atoms with E-state index in [2.05, 4.69) is 22.7 Å². The monoisotopic (exact) mass is 374 g/mol. The zero-order chi connectivity index (χ0) is 18.7. The summed E-state index contributed by atoms with van der Waals surface area (Å²) in [5, 5.41) is 10.7. The molecule has 2 N–H and O–H groups in total. The maximum Gasteiger partial charge on any atom is 0.227 e. The van der Waals surface area contributed by atoms with Gasteiger partial charge >= 0.3 is 0 Å². The number of carbonyl (C=O) groups excluding carboxylic acids is 2. The molecule has 0 spiro atoms. The van der Waals surface area contributed by atoms with Crippen LogP contribution in [-0.2, 0) is 9.59 Å². The first-order valence-corrected chi connectivity index (χ1v) is 9.17. The molecular formula is C19H23ClN4O2. The summed E-state index contributed by atoms with van der Waals surface area (Å²) >= 11 is 5.92. The van der Waals surface area contributed by atoms with Crippen molar-refractivity contribution >= 4 is 29.2 Å².